The second kappa shape index (κ2) is 11.3. The van der Waals surface area contributed by atoms with Gasteiger partial charge in [0.05, 0.1) is 0 Å². The van der Waals surface area contributed by atoms with E-state index in [1.807, 2.05) is 6.08 Å². The second-order valence-corrected chi connectivity index (χ2v) is 20.8. The van der Waals surface area contributed by atoms with Crippen LogP contribution in [0.4, 0.5) is 0 Å². The molecule has 0 nitrogen and oxygen atoms in total. The maximum atomic E-state index is 3.87. The summed E-state index contributed by atoms with van der Waals surface area (Å²) >= 11 is -2.01. The van der Waals surface area contributed by atoms with Crippen molar-refractivity contribution in [2.75, 3.05) is 0 Å². The summed E-state index contributed by atoms with van der Waals surface area (Å²) in [6, 6.07) is 9.23. The monoisotopic (exact) mass is 408 g/mol. The Morgan fingerprint density at radius 2 is 1.27 bits per heavy atom. The standard InChI is InChI=1S/C9H9.3C4H9.Sn/c1-3-9-6-4-8(2)5-7-9;3*1-3-4-2;/h3-7H,1-2H2;3*1,3-4H2,2H3;. The fourth-order valence-electron chi connectivity index (χ4n) is 3.50. The van der Waals surface area contributed by atoms with Crippen LogP contribution in [0, 0.1) is 0 Å². The van der Waals surface area contributed by atoms with Gasteiger partial charge in [-0.25, -0.2) is 0 Å². The fourth-order valence-corrected chi connectivity index (χ4v) is 19.7. The van der Waals surface area contributed by atoms with Gasteiger partial charge in [0.25, 0.3) is 0 Å². The molecule has 22 heavy (non-hydrogen) atoms. The molecule has 1 aromatic rings. The zero-order valence-electron chi connectivity index (χ0n) is 15.2. The molecule has 0 unspecified atom stereocenters. The Morgan fingerprint density at radius 1 is 0.818 bits per heavy atom. The molecule has 0 saturated carbocycles. The van der Waals surface area contributed by atoms with Crippen molar-refractivity contribution >= 4 is 24.5 Å². The van der Waals surface area contributed by atoms with E-state index < -0.39 is 18.4 Å². The van der Waals surface area contributed by atoms with Gasteiger partial charge in [-0.15, -0.1) is 0 Å². The Labute approximate surface area is 143 Å². The van der Waals surface area contributed by atoms with Gasteiger partial charge in [0.15, 0.2) is 0 Å². The third-order valence-electron chi connectivity index (χ3n) is 4.98. The third-order valence-corrected chi connectivity index (χ3v) is 20.4. The van der Waals surface area contributed by atoms with Gasteiger partial charge in [-0.3, -0.25) is 0 Å². The average molecular weight is 407 g/mol. The molecule has 0 atom stereocenters. The molecule has 0 fully saturated rings. The van der Waals surface area contributed by atoms with Crippen molar-refractivity contribution in [2.45, 2.75) is 77.0 Å². The summed E-state index contributed by atoms with van der Waals surface area (Å²) in [6.07, 6.45) is 10.5. The van der Waals surface area contributed by atoms with E-state index in [9.17, 15) is 0 Å². The Balaban J connectivity index is 2.89. The number of benzene rings is 1. The molecule has 0 saturated heterocycles. The first-order chi connectivity index (χ1) is 10.7. The molecule has 0 heterocycles. The molecule has 0 radical (unpaired) electrons. The van der Waals surface area contributed by atoms with E-state index in [0.717, 1.165) is 0 Å². The van der Waals surface area contributed by atoms with Crippen LogP contribution in [0.25, 0.3) is 6.08 Å². The van der Waals surface area contributed by atoms with Crippen LogP contribution < -0.4 is 0 Å². The number of hydrogen-bond donors (Lipinski definition) is 0. The second-order valence-electron chi connectivity index (χ2n) is 6.93. The molecular weight excluding hydrogens is 371 g/mol. The third kappa shape index (κ3) is 6.89. The first kappa shape index (κ1) is 19.8. The molecule has 0 amide bonds. The Kier molecular flexibility index (Phi) is 10.2. The molecule has 1 rings (SSSR count). The van der Waals surface area contributed by atoms with Crippen LogP contribution in [0.15, 0.2) is 30.8 Å². The minimum atomic E-state index is -2.01. The van der Waals surface area contributed by atoms with Gasteiger partial charge in [0.2, 0.25) is 0 Å². The minimum absolute atomic E-state index is 1.25. The van der Waals surface area contributed by atoms with Crippen molar-refractivity contribution in [3.8, 4) is 0 Å². The fraction of sp³-hybridized carbons (Fsp3) is 0.619. The van der Waals surface area contributed by atoms with Crippen LogP contribution in [0.1, 0.15) is 70.4 Å². The van der Waals surface area contributed by atoms with E-state index >= 15 is 0 Å². The molecular formula is C21H36Sn. The van der Waals surface area contributed by atoms with Crippen LogP contribution in [-0.2, 0) is 4.44 Å². The van der Waals surface area contributed by atoms with Crippen molar-refractivity contribution in [3.05, 3.63) is 42.0 Å². The van der Waals surface area contributed by atoms with Crippen LogP contribution in [0.2, 0.25) is 13.3 Å². The van der Waals surface area contributed by atoms with Crippen LogP contribution in [0.3, 0.4) is 0 Å². The van der Waals surface area contributed by atoms with E-state index in [1.165, 1.54) is 48.5 Å². The van der Waals surface area contributed by atoms with Crippen molar-refractivity contribution in [1.82, 2.24) is 0 Å². The molecule has 0 aliphatic rings. The molecule has 0 spiro atoms. The normalized spacial score (nSPS) is 11.6. The number of rotatable bonds is 12. The predicted octanol–water partition coefficient (Wildman–Crippen LogP) is 7.26. The topological polar surface area (TPSA) is 0 Å². The van der Waals surface area contributed by atoms with E-state index in [0.29, 0.717) is 0 Å². The molecule has 0 N–H and O–H groups in total. The van der Waals surface area contributed by atoms with Gasteiger partial charge in [0, 0.05) is 0 Å². The summed E-state index contributed by atoms with van der Waals surface area (Å²) in [6.45, 7) is 10.9. The van der Waals surface area contributed by atoms with Crippen LogP contribution >= 0.6 is 0 Å². The first-order valence-corrected chi connectivity index (χ1v) is 17.5. The summed E-state index contributed by atoms with van der Waals surface area (Å²) in [4.78, 5) is 0. The average Bonchev–Trinajstić information content (AvgIpc) is 2.56. The predicted molar refractivity (Wildman–Crippen MR) is 105 cm³/mol. The van der Waals surface area contributed by atoms with Crippen LogP contribution in [0.5, 0.6) is 0 Å². The van der Waals surface area contributed by atoms with E-state index in [4.69, 9.17) is 0 Å². The van der Waals surface area contributed by atoms with E-state index in [2.05, 4.69) is 51.6 Å². The van der Waals surface area contributed by atoms with Gasteiger partial charge in [0.1, 0.15) is 0 Å². The van der Waals surface area contributed by atoms with Crippen molar-refractivity contribution < 1.29 is 0 Å². The Morgan fingerprint density at radius 3 is 1.64 bits per heavy atom. The summed E-state index contributed by atoms with van der Waals surface area (Å²) < 4.78 is 6.28. The zero-order valence-corrected chi connectivity index (χ0v) is 18.0. The van der Waals surface area contributed by atoms with E-state index in [1.54, 1.807) is 18.9 Å². The molecule has 0 aliphatic heterocycles. The van der Waals surface area contributed by atoms with Gasteiger partial charge in [-0.05, 0) is 0 Å². The van der Waals surface area contributed by atoms with Gasteiger partial charge >= 0.3 is 143 Å². The van der Waals surface area contributed by atoms with Gasteiger partial charge in [-0.1, -0.05) is 0 Å². The molecule has 0 aromatic heterocycles. The first-order valence-electron chi connectivity index (χ1n) is 9.41. The molecule has 124 valence electrons. The molecule has 1 heteroatoms. The van der Waals surface area contributed by atoms with Crippen molar-refractivity contribution in [2.24, 2.45) is 0 Å². The Bertz CT molecular complexity index is 383. The zero-order chi connectivity index (χ0) is 16.3. The number of hydrogen-bond acceptors (Lipinski definition) is 0. The van der Waals surface area contributed by atoms with Gasteiger partial charge < -0.3 is 0 Å². The maximum absolute atomic E-state index is 3.87. The van der Waals surface area contributed by atoms with E-state index in [-0.39, 0.29) is 0 Å². The SMILES string of the molecule is C=Cc1ccc([CH2][Sn]([CH2]CCC)([CH2]CCC)[CH2]CCC)cc1. The quantitative estimate of drug-likeness (QED) is 0.320. The summed E-state index contributed by atoms with van der Waals surface area (Å²) in [5, 5.41) is 0. The molecule has 0 bridgehead atoms. The van der Waals surface area contributed by atoms with Crippen LogP contribution in [-0.4, -0.2) is 18.4 Å². The summed E-state index contributed by atoms with van der Waals surface area (Å²) in [5.41, 5.74) is 2.85. The molecule has 0 aliphatic carbocycles. The Hall–Kier alpha value is -0.241. The summed E-state index contributed by atoms with van der Waals surface area (Å²) in [7, 11) is 0. The van der Waals surface area contributed by atoms with Crippen molar-refractivity contribution in [3.63, 3.8) is 0 Å². The number of unbranched alkanes of at least 4 members (excludes halogenated alkanes) is 3. The van der Waals surface area contributed by atoms with Gasteiger partial charge in [-0.2, -0.15) is 0 Å². The molecule has 1 aromatic carbocycles. The summed E-state index contributed by atoms with van der Waals surface area (Å²) in [5.74, 6) is 0. The van der Waals surface area contributed by atoms with Crippen molar-refractivity contribution in [1.29, 1.82) is 0 Å².